The molecule has 0 aliphatic rings. The minimum Gasteiger partial charge on any atom is -0.497 e. The van der Waals surface area contributed by atoms with E-state index in [0.29, 0.717) is 21.3 Å². The Hall–Kier alpha value is -4.69. The van der Waals surface area contributed by atoms with Crippen LogP contribution in [0.2, 0.25) is 0 Å². The number of nitro groups is 1. The van der Waals surface area contributed by atoms with Gasteiger partial charge in [0.05, 0.1) is 28.7 Å². The Morgan fingerprint density at radius 1 is 1.16 bits per heavy atom. The summed E-state index contributed by atoms with van der Waals surface area (Å²) < 4.78 is 16.6. The van der Waals surface area contributed by atoms with E-state index >= 15 is 0 Å². The molecule has 0 radical (unpaired) electrons. The number of hydrogen-bond acceptors (Lipinski definition) is 8. The molecule has 0 aliphatic heterocycles. The number of carbonyl (C=O) groups is 2. The second kappa shape index (κ2) is 12.5. The van der Waals surface area contributed by atoms with Crippen molar-refractivity contribution in [1.82, 2.24) is 0 Å². The highest BCUT2D eigenvalue weighted by molar-refractivity contribution is 9.10. The number of nitro benzene ring substituents is 1. The van der Waals surface area contributed by atoms with E-state index in [4.69, 9.17) is 14.2 Å². The Morgan fingerprint density at radius 3 is 2.47 bits per heavy atom. The minimum atomic E-state index is -0.830. The van der Waals surface area contributed by atoms with E-state index in [0.717, 1.165) is 0 Å². The van der Waals surface area contributed by atoms with Crippen LogP contribution in [0, 0.1) is 28.4 Å². The van der Waals surface area contributed by atoms with Gasteiger partial charge in [-0.3, -0.25) is 14.9 Å². The van der Waals surface area contributed by atoms with Crippen LogP contribution in [-0.4, -0.2) is 30.5 Å². The first kappa shape index (κ1) is 27.9. The third-order valence-electron chi connectivity index (χ3n) is 5.13. The van der Waals surface area contributed by atoms with E-state index < -0.39 is 16.8 Å². The first-order valence-corrected chi connectivity index (χ1v) is 12.0. The highest BCUT2D eigenvalue weighted by Gasteiger charge is 2.20. The normalized spacial score (nSPS) is 10.8. The van der Waals surface area contributed by atoms with Gasteiger partial charge in [0.25, 0.3) is 11.6 Å². The summed E-state index contributed by atoms with van der Waals surface area (Å²) in [5.74, 6) is -0.564. The van der Waals surface area contributed by atoms with Crippen molar-refractivity contribution in [3.8, 4) is 23.3 Å². The fourth-order valence-electron chi connectivity index (χ4n) is 3.32. The predicted molar refractivity (Wildman–Crippen MR) is 143 cm³/mol. The maximum absolute atomic E-state index is 12.8. The summed E-state index contributed by atoms with van der Waals surface area (Å²) in [7, 11) is 1.52. The van der Waals surface area contributed by atoms with Crippen LogP contribution in [0.1, 0.15) is 28.4 Å². The van der Waals surface area contributed by atoms with E-state index in [1.807, 2.05) is 0 Å². The van der Waals surface area contributed by atoms with E-state index in [2.05, 4.69) is 21.2 Å². The molecule has 38 heavy (non-hydrogen) atoms. The Bertz CT molecular complexity index is 1460. The molecule has 0 aliphatic carbocycles. The molecule has 1 amide bonds. The van der Waals surface area contributed by atoms with Crippen molar-refractivity contribution in [1.29, 1.82) is 5.26 Å². The molecular weight excluding hydrogens is 558 g/mol. The molecular formula is C27H22BrN3O7. The number of aryl methyl sites for hydroxylation is 1. The van der Waals surface area contributed by atoms with Crippen LogP contribution in [-0.2, 0) is 4.79 Å². The van der Waals surface area contributed by atoms with Crippen LogP contribution >= 0.6 is 15.9 Å². The molecule has 10 nitrogen and oxygen atoms in total. The number of nitrogens with zero attached hydrogens (tertiary/aromatic N) is 2. The average Bonchev–Trinajstić information content (AvgIpc) is 2.90. The summed E-state index contributed by atoms with van der Waals surface area (Å²) in [5, 5.41) is 23.4. The fourth-order valence-corrected chi connectivity index (χ4v) is 3.86. The molecule has 3 aromatic rings. The Balaban J connectivity index is 1.90. The van der Waals surface area contributed by atoms with Crippen LogP contribution in [0.15, 0.2) is 64.6 Å². The third-order valence-corrected chi connectivity index (χ3v) is 5.72. The highest BCUT2D eigenvalue weighted by Crippen LogP contribution is 2.38. The van der Waals surface area contributed by atoms with Gasteiger partial charge in [-0.1, -0.05) is 6.07 Å². The van der Waals surface area contributed by atoms with Gasteiger partial charge in [-0.05, 0) is 89.4 Å². The number of carbonyl (C=O) groups excluding carboxylic acids is 2. The van der Waals surface area contributed by atoms with Gasteiger partial charge in [0.1, 0.15) is 23.1 Å². The van der Waals surface area contributed by atoms with Crippen LogP contribution < -0.4 is 19.5 Å². The van der Waals surface area contributed by atoms with Crippen molar-refractivity contribution in [2.24, 2.45) is 0 Å². The van der Waals surface area contributed by atoms with Gasteiger partial charge in [-0.2, -0.15) is 5.26 Å². The molecule has 1 N–H and O–H groups in total. The minimum absolute atomic E-state index is 0.0382. The summed E-state index contributed by atoms with van der Waals surface area (Å²) >= 11 is 3.36. The molecule has 3 aromatic carbocycles. The molecule has 0 aromatic heterocycles. The van der Waals surface area contributed by atoms with Crippen LogP contribution in [0.3, 0.4) is 0 Å². The van der Waals surface area contributed by atoms with Gasteiger partial charge < -0.3 is 19.5 Å². The molecule has 0 bridgehead atoms. The van der Waals surface area contributed by atoms with Crippen LogP contribution in [0.25, 0.3) is 6.08 Å². The lowest BCUT2D eigenvalue weighted by Gasteiger charge is -2.14. The fraction of sp³-hybridized carbons (Fsp3) is 0.148. The predicted octanol–water partition coefficient (Wildman–Crippen LogP) is 5.84. The Labute approximate surface area is 226 Å². The summed E-state index contributed by atoms with van der Waals surface area (Å²) in [6, 6.07) is 15.6. The number of nitriles is 1. The molecule has 194 valence electrons. The van der Waals surface area contributed by atoms with E-state index in [1.165, 1.54) is 37.5 Å². The highest BCUT2D eigenvalue weighted by atomic mass is 79.9. The molecule has 0 heterocycles. The number of anilines is 1. The van der Waals surface area contributed by atoms with Crippen LogP contribution in [0.5, 0.6) is 17.2 Å². The molecule has 0 atom stereocenters. The monoisotopic (exact) mass is 579 g/mol. The average molecular weight is 580 g/mol. The van der Waals surface area contributed by atoms with Gasteiger partial charge in [0, 0.05) is 6.07 Å². The van der Waals surface area contributed by atoms with Crippen molar-refractivity contribution in [2.45, 2.75) is 13.8 Å². The SMILES string of the molecule is CCOc1cc(/C=C(\C#N)C(=O)Nc2ccc(C)cc2[N+](=O)[O-])cc(Br)c1OC(=O)c1ccc(OC)cc1. The summed E-state index contributed by atoms with van der Waals surface area (Å²) in [6.07, 6.45) is 1.29. The van der Waals surface area contributed by atoms with Gasteiger partial charge >= 0.3 is 5.97 Å². The van der Waals surface area contributed by atoms with Crippen molar-refractivity contribution >= 4 is 45.3 Å². The number of halogens is 1. The number of ether oxygens (including phenoxy) is 3. The number of hydrogen-bond donors (Lipinski definition) is 1. The number of rotatable bonds is 9. The van der Waals surface area contributed by atoms with Crippen LogP contribution in [0.4, 0.5) is 11.4 Å². The Morgan fingerprint density at radius 2 is 1.87 bits per heavy atom. The molecule has 0 saturated carbocycles. The smallest absolute Gasteiger partial charge is 0.343 e. The second-order valence-electron chi connectivity index (χ2n) is 7.78. The third kappa shape index (κ3) is 6.74. The van der Waals surface area contributed by atoms with Crippen molar-refractivity contribution in [2.75, 3.05) is 19.0 Å². The maximum Gasteiger partial charge on any atom is 0.343 e. The topological polar surface area (TPSA) is 141 Å². The molecule has 0 spiro atoms. The van der Waals surface area contributed by atoms with Gasteiger partial charge in [-0.15, -0.1) is 0 Å². The quantitative estimate of drug-likeness (QED) is 0.0832. The van der Waals surface area contributed by atoms with Crippen molar-refractivity contribution in [3.05, 3.63) is 91.4 Å². The van der Waals surface area contributed by atoms with E-state index in [1.54, 1.807) is 50.2 Å². The largest absolute Gasteiger partial charge is 0.497 e. The Kier molecular flexibility index (Phi) is 9.18. The lowest BCUT2D eigenvalue weighted by molar-refractivity contribution is -0.384. The molecule has 0 saturated heterocycles. The van der Waals surface area contributed by atoms with E-state index in [9.17, 15) is 25.0 Å². The number of esters is 1. The lowest BCUT2D eigenvalue weighted by atomic mass is 10.1. The number of amides is 1. The summed E-state index contributed by atoms with van der Waals surface area (Å²) in [5.41, 5.74) is 0.681. The van der Waals surface area contributed by atoms with Crippen molar-refractivity contribution < 1.29 is 28.7 Å². The zero-order valence-corrected chi connectivity index (χ0v) is 22.2. The lowest BCUT2D eigenvalue weighted by Crippen LogP contribution is -2.14. The van der Waals surface area contributed by atoms with E-state index in [-0.39, 0.29) is 40.6 Å². The summed E-state index contributed by atoms with van der Waals surface area (Å²) in [6.45, 7) is 3.68. The first-order chi connectivity index (χ1) is 18.2. The number of nitrogens with one attached hydrogen (secondary N) is 1. The standard InChI is InChI=1S/C27H22BrN3O7/c1-4-37-24-14-17(13-21(28)25(24)38-27(33)18-6-8-20(36-3)9-7-18)12-19(15-29)26(32)30-22-10-5-16(2)11-23(22)31(34)35/h5-14H,4H2,1-3H3,(H,30,32)/b19-12+. The molecule has 0 fully saturated rings. The van der Waals surface area contributed by atoms with Crippen molar-refractivity contribution in [3.63, 3.8) is 0 Å². The summed E-state index contributed by atoms with van der Waals surface area (Å²) in [4.78, 5) is 36.2. The first-order valence-electron chi connectivity index (χ1n) is 11.2. The zero-order valence-electron chi connectivity index (χ0n) is 20.6. The van der Waals surface area contributed by atoms with Gasteiger partial charge in [-0.25, -0.2) is 4.79 Å². The zero-order chi connectivity index (χ0) is 27.8. The molecule has 11 heteroatoms. The number of methoxy groups -OCH3 is 1. The number of benzene rings is 3. The van der Waals surface area contributed by atoms with Gasteiger partial charge in [0.2, 0.25) is 0 Å². The molecule has 0 unspecified atom stereocenters. The second-order valence-corrected chi connectivity index (χ2v) is 8.64. The van der Waals surface area contributed by atoms with Gasteiger partial charge in [0.15, 0.2) is 11.5 Å². The maximum atomic E-state index is 12.8. The molecule has 3 rings (SSSR count).